The minimum absolute atomic E-state index is 0.0389. The van der Waals surface area contributed by atoms with Crippen LogP contribution in [-0.4, -0.2) is 21.8 Å². The van der Waals surface area contributed by atoms with Crippen molar-refractivity contribution in [2.45, 2.75) is 38.3 Å². The predicted molar refractivity (Wildman–Crippen MR) is 92.4 cm³/mol. The summed E-state index contributed by atoms with van der Waals surface area (Å²) in [5.74, 6) is 0.978. The highest BCUT2D eigenvalue weighted by molar-refractivity contribution is 5.88. The first-order valence-electron chi connectivity index (χ1n) is 8.41. The fourth-order valence-corrected chi connectivity index (χ4v) is 3.32. The SMILES string of the molecule is C[C@H](c1ccco1)N(C(=O)Cc1cccc2cccnc12)C1CC1. The van der Waals surface area contributed by atoms with E-state index in [-0.39, 0.29) is 11.9 Å². The second-order valence-corrected chi connectivity index (χ2v) is 6.39. The quantitative estimate of drug-likeness (QED) is 0.710. The molecule has 0 bridgehead atoms. The van der Waals surface area contributed by atoms with Crippen molar-refractivity contribution < 1.29 is 9.21 Å². The van der Waals surface area contributed by atoms with Crippen molar-refractivity contribution in [3.63, 3.8) is 0 Å². The first-order chi connectivity index (χ1) is 11.7. The minimum atomic E-state index is -0.0389. The topological polar surface area (TPSA) is 46.3 Å². The van der Waals surface area contributed by atoms with Crippen molar-refractivity contribution >= 4 is 16.8 Å². The Labute approximate surface area is 141 Å². The van der Waals surface area contributed by atoms with Crippen molar-refractivity contribution in [3.8, 4) is 0 Å². The summed E-state index contributed by atoms with van der Waals surface area (Å²) in [6.07, 6.45) is 5.96. The lowest BCUT2D eigenvalue weighted by atomic mass is 10.1. The molecule has 0 N–H and O–H groups in total. The lowest BCUT2D eigenvalue weighted by Crippen LogP contribution is -2.36. The lowest BCUT2D eigenvalue weighted by molar-refractivity contribution is -0.133. The maximum absolute atomic E-state index is 13.0. The number of carbonyl (C=O) groups is 1. The molecule has 3 aromatic rings. The molecule has 1 saturated carbocycles. The summed E-state index contributed by atoms with van der Waals surface area (Å²) in [4.78, 5) is 19.5. The van der Waals surface area contributed by atoms with Gasteiger partial charge in [-0.3, -0.25) is 9.78 Å². The van der Waals surface area contributed by atoms with Crippen molar-refractivity contribution in [2.24, 2.45) is 0 Å². The van der Waals surface area contributed by atoms with Crippen molar-refractivity contribution in [3.05, 3.63) is 66.2 Å². The van der Waals surface area contributed by atoms with Crippen LogP contribution in [0.3, 0.4) is 0 Å². The molecule has 0 aliphatic heterocycles. The van der Waals surface area contributed by atoms with E-state index >= 15 is 0 Å². The number of furan rings is 1. The molecule has 1 aromatic carbocycles. The third kappa shape index (κ3) is 2.80. The number of rotatable bonds is 5. The molecule has 1 atom stereocenters. The molecule has 4 nitrogen and oxygen atoms in total. The predicted octanol–water partition coefficient (Wildman–Crippen LogP) is 4.12. The summed E-state index contributed by atoms with van der Waals surface area (Å²) in [6, 6.07) is 14.1. The fraction of sp³-hybridized carbons (Fsp3) is 0.300. The molecule has 122 valence electrons. The van der Waals surface area contributed by atoms with Gasteiger partial charge in [-0.25, -0.2) is 0 Å². The number of amides is 1. The van der Waals surface area contributed by atoms with Crippen LogP contribution in [0.5, 0.6) is 0 Å². The number of nitrogens with zero attached hydrogens (tertiary/aromatic N) is 2. The van der Waals surface area contributed by atoms with E-state index in [0.29, 0.717) is 12.5 Å². The molecule has 2 aromatic heterocycles. The van der Waals surface area contributed by atoms with E-state index in [9.17, 15) is 4.79 Å². The smallest absolute Gasteiger partial charge is 0.227 e. The van der Waals surface area contributed by atoms with Crippen molar-refractivity contribution in [1.82, 2.24) is 9.88 Å². The molecule has 0 spiro atoms. The minimum Gasteiger partial charge on any atom is -0.467 e. The van der Waals surface area contributed by atoms with Crippen LogP contribution in [0.1, 0.15) is 37.1 Å². The molecule has 1 aliphatic carbocycles. The Kier molecular flexibility index (Phi) is 3.81. The molecule has 0 saturated heterocycles. The van der Waals surface area contributed by atoms with E-state index in [1.54, 1.807) is 12.5 Å². The molecule has 1 amide bonds. The Morgan fingerprint density at radius 1 is 1.25 bits per heavy atom. The van der Waals surface area contributed by atoms with Gasteiger partial charge in [0.1, 0.15) is 5.76 Å². The molecule has 0 unspecified atom stereocenters. The average molecular weight is 320 g/mol. The van der Waals surface area contributed by atoms with Crippen molar-refractivity contribution in [2.75, 3.05) is 0 Å². The van der Waals surface area contributed by atoms with Crippen LogP contribution in [0.25, 0.3) is 10.9 Å². The maximum Gasteiger partial charge on any atom is 0.227 e. The number of carbonyl (C=O) groups excluding carboxylic acids is 1. The Morgan fingerprint density at radius 2 is 2.08 bits per heavy atom. The van der Waals surface area contributed by atoms with Gasteiger partial charge in [0.15, 0.2) is 0 Å². The van der Waals surface area contributed by atoms with E-state index in [1.807, 2.05) is 54.3 Å². The average Bonchev–Trinajstić information content (AvgIpc) is 3.26. The molecule has 4 heteroatoms. The number of fused-ring (bicyclic) bond motifs is 1. The molecule has 4 rings (SSSR count). The van der Waals surface area contributed by atoms with Gasteiger partial charge in [0, 0.05) is 17.6 Å². The zero-order valence-electron chi connectivity index (χ0n) is 13.7. The summed E-state index contributed by atoms with van der Waals surface area (Å²) in [6.45, 7) is 2.04. The normalized spacial score (nSPS) is 15.4. The second kappa shape index (κ2) is 6.11. The van der Waals surface area contributed by atoms with Crippen LogP contribution in [-0.2, 0) is 11.2 Å². The third-order valence-electron chi connectivity index (χ3n) is 4.66. The maximum atomic E-state index is 13.0. The van der Waals surface area contributed by atoms with Crippen LogP contribution in [0.4, 0.5) is 0 Å². The highest BCUT2D eigenvalue weighted by Gasteiger charge is 2.37. The summed E-state index contributed by atoms with van der Waals surface area (Å²) in [7, 11) is 0. The van der Waals surface area contributed by atoms with E-state index in [2.05, 4.69) is 4.98 Å². The molecular formula is C20H20N2O2. The first-order valence-corrected chi connectivity index (χ1v) is 8.41. The number of aromatic nitrogens is 1. The number of benzene rings is 1. The number of para-hydroxylation sites is 1. The highest BCUT2D eigenvalue weighted by Crippen LogP contribution is 2.35. The van der Waals surface area contributed by atoms with Gasteiger partial charge in [-0.2, -0.15) is 0 Å². The molecule has 1 fully saturated rings. The molecule has 0 radical (unpaired) electrons. The molecule has 1 aliphatic rings. The zero-order chi connectivity index (χ0) is 16.5. The third-order valence-corrected chi connectivity index (χ3v) is 4.66. The summed E-state index contributed by atoms with van der Waals surface area (Å²) in [5, 5.41) is 1.07. The largest absolute Gasteiger partial charge is 0.467 e. The summed E-state index contributed by atoms with van der Waals surface area (Å²) < 4.78 is 5.52. The van der Waals surface area contributed by atoms with Gasteiger partial charge >= 0.3 is 0 Å². The summed E-state index contributed by atoms with van der Waals surface area (Å²) >= 11 is 0. The number of pyridine rings is 1. The standard InChI is InChI=1S/C20H20N2O2/c1-14(18-8-4-12-24-18)22(17-9-10-17)19(23)13-16-6-2-5-15-7-3-11-21-20(15)16/h2-8,11-12,14,17H,9-10,13H2,1H3/t14-/m1/s1. The van der Waals surface area contributed by atoms with E-state index in [1.165, 1.54) is 0 Å². The lowest BCUT2D eigenvalue weighted by Gasteiger charge is -2.28. The molecular weight excluding hydrogens is 300 g/mol. The Balaban J connectivity index is 1.61. The van der Waals surface area contributed by atoms with Gasteiger partial charge in [0.25, 0.3) is 0 Å². The van der Waals surface area contributed by atoms with E-state index in [4.69, 9.17) is 4.42 Å². The highest BCUT2D eigenvalue weighted by atomic mass is 16.3. The van der Waals surface area contributed by atoms with Crippen LogP contribution in [0.2, 0.25) is 0 Å². The molecule has 2 heterocycles. The van der Waals surface area contributed by atoms with Crippen LogP contribution < -0.4 is 0 Å². The van der Waals surface area contributed by atoms with Gasteiger partial charge < -0.3 is 9.32 Å². The Hall–Kier alpha value is -2.62. The molecule has 24 heavy (non-hydrogen) atoms. The van der Waals surface area contributed by atoms with Crippen LogP contribution in [0, 0.1) is 0 Å². The number of hydrogen-bond donors (Lipinski definition) is 0. The Morgan fingerprint density at radius 3 is 2.83 bits per heavy atom. The van der Waals surface area contributed by atoms with Crippen LogP contribution >= 0.6 is 0 Å². The van der Waals surface area contributed by atoms with E-state index in [0.717, 1.165) is 35.1 Å². The van der Waals surface area contributed by atoms with Gasteiger partial charge in [-0.05, 0) is 43.5 Å². The second-order valence-electron chi connectivity index (χ2n) is 6.39. The van der Waals surface area contributed by atoms with Crippen LogP contribution in [0.15, 0.2) is 59.3 Å². The first kappa shape index (κ1) is 14.9. The van der Waals surface area contributed by atoms with Gasteiger partial charge in [0.05, 0.1) is 24.2 Å². The van der Waals surface area contributed by atoms with Gasteiger partial charge in [-0.1, -0.05) is 24.3 Å². The van der Waals surface area contributed by atoms with Crippen molar-refractivity contribution in [1.29, 1.82) is 0 Å². The monoisotopic (exact) mass is 320 g/mol. The fourth-order valence-electron chi connectivity index (χ4n) is 3.32. The Bertz CT molecular complexity index is 848. The number of hydrogen-bond acceptors (Lipinski definition) is 3. The van der Waals surface area contributed by atoms with E-state index < -0.39 is 0 Å². The van der Waals surface area contributed by atoms with Gasteiger partial charge in [0.2, 0.25) is 5.91 Å². The zero-order valence-corrected chi connectivity index (χ0v) is 13.7. The van der Waals surface area contributed by atoms with Gasteiger partial charge in [-0.15, -0.1) is 0 Å². The summed E-state index contributed by atoms with van der Waals surface area (Å²) in [5.41, 5.74) is 1.89.